The Hall–Kier alpha value is -0.180. The van der Waals surface area contributed by atoms with E-state index in [0.717, 1.165) is 31.0 Å². The summed E-state index contributed by atoms with van der Waals surface area (Å²) in [5.41, 5.74) is 0. The molecule has 0 aliphatic carbocycles. The Balaban J connectivity index is 2.22. The molecule has 0 radical (unpaired) electrons. The van der Waals surface area contributed by atoms with Crippen molar-refractivity contribution in [3.63, 3.8) is 0 Å². The normalized spacial score (nSPS) is 22.4. The quantitative estimate of drug-likeness (QED) is 0.671. The highest BCUT2D eigenvalue weighted by molar-refractivity contribution is 7.99. The van der Waals surface area contributed by atoms with E-state index in [1.54, 1.807) is 0 Å². The Bertz CT molecular complexity index is 184. The number of hydrogen-bond donors (Lipinski definition) is 0. The Morgan fingerprint density at radius 2 is 2.36 bits per heavy atom. The smallest absolute Gasteiger partial charge is 0.223 e. The molecule has 1 aliphatic heterocycles. The first-order valence-corrected chi connectivity index (χ1v) is 6.75. The average molecular weight is 215 g/mol. The van der Waals surface area contributed by atoms with Gasteiger partial charge in [-0.1, -0.05) is 13.8 Å². The molecule has 3 heteroatoms. The van der Waals surface area contributed by atoms with Crippen molar-refractivity contribution in [3.05, 3.63) is 0 Å². The van der Waals surface area contributed by atoms with Crippen LogP contribution < -0.4 is 0 Å². The molecule has 2 nitrogen and oxygen atoms in total. The Labute approximate surface area is 91.4 Å². The van der Waals surface area contributed by atoms with E-state index in [9.17, 15) is 4.79 Å². The van der Waals surface area contributed by atoms with Gasteiger partial charge >= 0.3 is 0 Å². The highest BCUT2D eigenvalue weighted by Crippen LogP contribution is 2.16. The summed E-state index contributed by atoms with van der Waals surface area (Å²) < 4.78 is 0. The first-order valence-electron chi connectivity index (χ1n) is 5.59. The van der Waals surface area contributed by atoms with Gasteiger partial charge in [0.15, 0.2) is 0 Å². The lowest BCUT2D eigenvalue weighted by Crippen LogP contribution is -2.39. The zero-order valence-electron chi connectivity index (χ0n) is 9.29. The third kappa shape index (κ3) is 3.91. The molecule has 14 heavy (non-hydrogen) atoms. The van der Waals surface area contributed by atoms with E-state index in [0.29, 0.717) is 11.8 Å². The van der Waals surface area contributed by atoms with Gasteiger partial charge in [-0.25, -0.2) is 0 Å². The van der Waals surface area contributed by atoms with Crippen molar-refractivity contribution in [1.29, 1.82) is 0 Å². The molecule has 1 atom stereocenters. The Morgan fingerprint density at radius 3 is 3.00 bits per heavy atom. The first-order chi connectivity index (χ1) is 6.74. The van der Waals surface area contributed by atoms with Gasteiger partial charge in [0.1, 0.15) is 0 Å². The maximum Gasteiger partial charge on any atom is 0.223 e. The molecule has 82 valence electrons. The van der Waals surface area contributed by atoms with Crippen LogP contribution in [0.1, 0.15) is 33.1 Å². The third-order valence-corrected chi connectivity index (χ3v) is 3.58. The summed E-state index contributed by atoms with van der Waals surface area (Å²) in [6.07, 6.45) is 3.20. The zero-order valence-corrected chi connectivity index (χ0v) is 10.1. The molecule has 1 unspecified atom stereocenters. The lowest BCUT2D eigenvalue weighted by atomic mass is 10.0. The topological polar surface area (TPSA) is 20.3 Å². The SMILES string of the molecule is CCSCCC(=O)N1CCCC(C)C1. The van der Waals surface area contributed by atoms with Gasteiger partial charge in [0.2, 0.25) is 5.91 Å². The number of nitrogens with zero attached hydrogens (tertiary/aromatic N) is 1. The van der Waals surface area contributed by atoms with Gasteiger partial charge in [-0.05, 0) is 24.5 Å². The number of rotatable bonds is 4. The maximum atomic E-state index is 11.7. The van der Waals surface area contributed by atoms with Crippen LogP contribution in [0.5, 0.6) is 0 Å². The molecule has 1 heterocycles. The number of thioether (sulfide) groups is 1. The molecule has 1 aliphatic rings. The summed E-state index contributed by atoms with van der Waals surface area (Å²) in [5.74, 6) is 3.16. The second kappa shape index (κ2) is 6.33. The lowest BCUT2D eigenvalue weighted by molar-refractivity contribution is -0.132. The van der Waals surface area contributed by atoms with Crippen molar-refractivity contribution in [2.75, 3.05) is 24.6 Å². The van der Waals surface area contributed by atoms with Crippen LogP contribution in [0.25, 0.3) is 0 Å². The third-order valence-electron chi connectivity index (χ3n) is 2.67. The van der Waals surface area contributed by atoms with Gasteiger partial charge in [-0.3, -0.25) is 4.79 Å². The largest absolute Gasteiger partial charge is 0.342 e. The number of amides is 1. The van der Waals surface area contributed by atoms with E-state index in [4.69, 9.17) is 0 Å². The second-order valence-corrected chi connectivity index (χ2v) is 5.43. The van der Waals surface area contributed by atoms with Gasteiger partial charge in [0.05, 0.1) is 0 Å². The first kappa shape index (κ1) is 11.9. The molecule has 0 aromatic rings. The fraction of sp³-hybridized carbons (Fsp3) is 0.909. The molecule has 0 saturated carbocycles. The number of carbonyl (C=O) groups is 1. The van der Waals surface area contributed by atoms with Crippen LogP contribution in [0.4, 0.5) is 0 Å². The molecule has 0 N–H and O–H groups in total. The summed E-state index contributed by atoms with van der Waals surface area (Å²) in [6, 6.07) is 0. The second-order valence-electron chi connectivity index (χ2n) is 4.03. The molecular weight excluding hydrogens is 194 g/mol. The van der Waals surface area contributed by atoms with Crippen molar-refractivity contribution in [1.82, 2.24) is 4.90 Å². The zero-order chi connectivity index (χ0) is 10.4. The summed E-state index contributed by atoms with van der Waals surface area (Å²) in [4.78, 5) is 13.8. The number of carbonyl (C=O) groups excluding carboxylic acids is 1. The van der Waals surface area contributed by atoms with E-state index < -0.39 is 0 Å². The van der Waals surface area contributed by atoms with Crippen LogP contribution in [0.2, 0.25) is 0 Å². The van der Waals surface area contributed by atoms with Crippen molar-refractivity contribution < 1.29 is 4.79 Å². The maximum absolute atomic E-state index is 11.7. The number of likely N-dealkylation sites (tertiary alicyclic amines) is 1. The minimum absolute atomic E-state index is 0.359. The molecule has 0 aromatic carbocycles. The predicted molar refractivity (Wildman–Crippen MR) is 62.6 cm³/mol. The summed E-state index contributed by atoms with van der Waals surface area (Å²) in [5, 5.41) is 0. The molecule has 0 spiro atoms. The van der Waals surface area contributed by atoms with E-state index >= 15 is 0 Å². The van der Waals surface area contributed by atoms with E-state index in [-0.39, 0.29) is 0 Å². The van der Waals surface area contributed by atoms with E-state index in [2.05, 4.69) is 13.8 Å². The highest BCUT2D eigenvalue weighted by Gasteiger charge is 2.19. The average Bonchev–Trinajstić information content (AvgIpc) is 2.18. The Morgan fingerprint density at radius 1 is 1.57 bits per heavy atom. The van der Waals surface area contributed by atoms with Crippen molar-refractivity contribution >= 4 is 17.7 Å². The van der Waals surface area contributed by atoms with Crippen LogP contribution in [0.15, 0.2) is 0 Å². The molecule has 1 rings (SSSR count). The molecule has 1 amide bonds. The molecule has 1 saturated heterocycles. The van der Waals surface area contributed by atoms with Gasteiger partial charge in [-0.15, -0.1) is 0 Å². The predicted octanol–water partition coefficient (Wildman–Crippen LogP) is 2.39. The fourth-order valence-corrected chi connectivity index (χ4v) is 2.49. The lowest BCUT2D eigenvalue weighted by Gasteiger charge is -2.31. The van der Waals surface area contributed by atoms with Crippen LogP contribution in [0, 0.1) is 5.92 Å². The van der Waals surface area contributed by atoms with Crippen LogP contribution in [0.3, 0.4) is 0 Å². The molecule has 1 fully saturated rings. The van der Waals surface area contributed by atoms with Gasteiger partial charge in [0, 0.05) is 25.3 Å². The minimum Gasteiger partial charge on any atom is -0.342 e. The minimum atomic E-state index is 0.359. The highest BCUT2D eigenvalue weighted by atomic mass is 32.2. The van der Waals surface area contributed by atoms with Crippen LogP contribution in [-0.2, 0) is 4.79 Å². The fourth-order valence-electron chi connectivity index (χ4n) is 1.88. The van der Waals surface area contributed by atoms with Gasteiger partial charge < -0.3 is 4.90 Å². The number of hydrogen-bond acceptors (Lipinski definition) is 2. The summed E-state index contributed by atoms with van der Waals surface area (Å²) in [6.45, 7) is 6.34. The van der Waals surface area contributed by atoms with Crippen LogP contribution >= 0.6 is 11.8 Å². The molecule has 0 aromatic heterocycles. The standard InChI is InChI=1S/C11H21NOS/c1-3-14-8-6-11(13)12-7-4-5-10(2)9-12/h10H,3-9H2,1-2H3. The van der Waals surface area contributed by atoms with Crippen molar-refractivity contribution in [2.24, 2.45) is 5.92 Å². The number of piperidine rings is 1. The van der Waals surface area contributed by atoms with Crippen molar-refractivity contribution in [2.45, 2.75) is 33.1 Å². The molecule has 0 bridgehead atoms. The summed E-state index contributed by atoms with van der Waals surface area (Å²) >= 11 is 1.85. The Kier molecular flexibility index (Phi) is 5.38. The van der Waals surface area contributed by atoms with Gasteiger partial charge in [0.25, 0.3) is 0 Å². The van der Waals surface area contributed by atoms with E-state index in [1.165, 1.54) is 12.8 Å². The van der Waals surface area contributed by atoms with Crippen LogP contribution in [-0.4, -0.2) is 35.4 Å². The summed E-state index contributed by atoms with van der Waals surface area (Å²) in [7, 11) is 0. The van der Waals surface area contributed by atoms with Gasteiger partial charge in [-0.2, -0.15) is 11.8 Å². The van der Waals surface area contributed by atoms with E-state index in [1.807, 2.05) is 16.7 Å². The molecular formula is C11H21NOS. The van der Waals surface area contributed by atoms with Crippen molar-refractivity contribution in [3.8, 4) is 0 Å². The monoisotopic (exact) mass is 215 g/mol.